The molecule has 3 rings (SSSR count). The van der Waals surface area contributed by atoms with Gasteiger partial charge in [-0.15, -0.1) is 0 Å². The first-order valence-electron chi connectivity index (χ1n) is 6.87. The van der Waals surface area contributed by atoms with Gasteiger partial charge < -0.3 is 14.6 Å². The minimum Gasteiger partial charge on any atom is -0.481 e. The molecule has 3 fully saturated rings. The second kappa shape index (κ2) is 4.79. The van der Waals surface area contributed by atoms with Crippen molar-refractivity contribution in [3.05, 3.63) is 0 Å². The van der Waals surface area contributed by atoms with E-state index in [1.54, 1.807) is 0 Å². The van der Waals surface area contributed by atoms with Gasteiger partial charge in [-0.1, -0.05) is 0 Å². The van der Waals surface area contributed by atoms with E-state index in [0.29, 0.717) is 19.1 Å². The smallest absolute Gasteiger partial charge is 0.309 e. The molecule has 1 spiro atoms. The second-order valence-electron chi connectivity index (χ2n) is 5.78. The molecule has 0 saturated carbocycles. The Morgan fingerprint density at radius 2 is 1.94 bits per heavy atom. The van der Waals surface area contributed by atoms with Crippen LogP contribution in [0.25, 0.3) is 0 Å². The molecule has 102 valence electrons. The van der Waals surface area contributed by atoms with Gasteiger partial charge in [0.25, 0.3) is 0 Å². The fourth-order valence-corrected chi connectivity index (χ4v) is 3.37. The number of ether oxygens (including phenoxy) is 2. The van der Waals surface area contributed by atoms with E-state index >= 15 is 0 Å². The Bertz CT molecular complexity index is 315. The number of hydrogen-bond acceptors (Lipinski definition) is 4. The third kappa shape index (κ3) is 2.27. The number of nitrogens with zero attached hydrogens (tertiary/aromatic N) is 1. The zero-order chi connectivity index (χ0) is 12.6. The molecule has 0 aromatic heterocycles. The molecule has 0 aromatic rings. The molecule has 0 radical (unpaired) electrons. The van der Waals surface area contributed by atoms with Gasteiger partial charge in [-0.05, 0) is 25.7 Å². The molecule has 5 heteroatoms. The molecule has 3 aliphatic rings. The highest BCUT2D eigenvalue weighted by Gasteiger charge is 2.44. The number of hydrogen-bond donors (Lipinski definition) is 1. The maximum atomic E-state index is 10.8. The summed E-state index contributed by atoms with van der Waals surface area (Å²) in [6.45, 7) is 3.83. The second-order valence-corrected chi connectivity index (χ2v) is 5.78. The van der Waals surface area contributed by atoms with Crippen molar-refractivity contribution in [3.63, 3.8) is 0 Å². The van der Waals surface area contributed by atoms with E-state index in [9.17, 15) is 4.79 Å². The van der Waals surface area contributed by atoms with Gasteiger partial charge in [-0.3, -0.25) is 9.69 Å². The van der Waals surface area contributed by atoms with Gasteiger partial charge in [-0.25, -0.2) is 0 Å². The summed E-state index contributed by atoms with van der Waals surface area (Å²) in [4.78, 5) is 13.2. The van der Waals surface area contributed by atoms with E-state index in [-0.39, 0.29) is 11.5 Å². The highest BCUT2D eigenvalue weighted by Crippen LogP contribution is 2.37. The largest absolute Gasteiger partial charge is 0.481 e. The van der Waals surface area contributed by atoms with Crippen LogP contribution in [0.4, 0.5) is 0 Å². The summed E-state index contributed by atoms with van der Waals surface area (Å²) in [7, 11) is 0. The van der Waals surface area contributed by atoms with Crippen molar-refractivity contribution in [1.29, 1.82) is 0 Å². The Morgan fingerprint density at radius 1 is 1.22 bits per heavy atom. The van der Waals surface area contributed by atoms with Crippen molar-refractivity contribution < 1.29 is 19.4 Å². The molecule has 0 aliphatic carbocycles. The zero-order valence-corrected chi connectivity index (χ0v) is 10.6. The van der Waals surface area contributed by atoms with Crippen LogP contribution in [0.1, 0.15) is 25.7 Å². The summed E-state index contributed by atoms with van der Waals surface area (Å²) in [5.41, 5.74) is 0.00940. The lowest BCUT2D eigenvalue weighted by molar-refractivity contribution is -0.166. The molecule has 0 aromatic carbocycles. The summed E-state index contributed by atoms with van der Waals surface area (Å²) in [5.74, 6) is -0.808. The highest BCUT2D eigenvalue weighted by molar-refractivity contribution is 5.71. The lowest BCUT2D eigenvalue weighted by atomic mass is 9.82. The molecule has 1 unspecified atom stereocenters. The summed E-state index contributed by atoms with van der Waals surface area (Å²) >= 11 is 0. The molecule has 0 amide bonds. The van der Waals surface area contributed by atoms with Crippen molar-refractivity contribution in [2.45, 2.75) is 37.3 Å². The zero-order valence-electron chi connectivity index (χ0n) is 10.6. The van der Waals surface area contributed by atoms with Gasteiger partial charge in [0.05, 0.1) is 11.5 Å². The van der Waals surface area contributed by atoms with Crippen molar-refractivity contribution in [3.8, 4) is 0 Å². The maximum absolute atomic E-state index is 10.8. The first-order chi connectivity index (χ1) is 8.69. The van der Waals surface area contributed by atoms with Gasteiger partial charge in [0.2, 0.25) is 0 Å². The van der Waals surface area contributed by atoms with Crippen LogP contribution in [0.15, 0.2) is 0 Å². The van der Waals surface area contributed by atoms with Gasteiger partial charge in [0.1, 0.15) is 0 Å². The van der Waals surface area contributed by atoms with Crippen LogP contribution in [0.2, 0.25) is 0 Å². The number of rotatable bonds is 2. The molecule has 5 nitrogen and oxygen atoms in total. The molecule has 1 N–H and O–H groups in total. The minimum atomic E-state index is -0.654. The molecule has 3 heterocycles. The van der Waals surface area contributed by atoms with Crippen LogP contribution in [-0.4, -0.2) is 60.5 Å². The van der Waals surface area contributed by atoms with Gasteiger partial charge in [0.15, 0.2) is 0 Å². The van der Waals surface area contributed by atoms with Crippen LogP contribution < -0.4 is 0 Å². The Hall–Kier alpha value is -0.650. The lowest BCUT2D eigenvalue weighted by Gasteiger charge is -2.50. The highest BCUT2D eigenvalue weighted by atomic mass is 16.5. The fourth-order valence-electron chi connectivity index (χ4n) is 3.37. The SMILES string of the molecule is O=C(O)C1CN(C2CCOC3(CCOCC3)C2)C1. The van der Waals surface area contributed by atoms with Gasteiger partial charge in [0, 0.05) is 39.0 Å². The van der Waals surface area contributed by atoms with Crippen LogP contribution in [-0.2, 0) is 14.3 Å². The van der Waals surface area contributed by atoms with Crippen molar-refractivity contribution in [2.24, 2.45) is 5.92 Å². The quantitative estimate of drug-likeness (QED) is 0.788. The Kier molecular flexibility index (Phi) is 3.30. The Morgan fingerprint density at radius 3 is 2.61 bits per heavy atom. The maximum Gasteiger partial charge on any atom is 0.309 e. The Labute approximate surface area is 107 Å². The first-order valence-corrected chi connectivity index (χ1v) is 6.87. The average Bonchev–Trinajstić information content (AvgIpc) is 2.27. The predicted molar refractivity (Wildman–Crippen MR) is 64.5 cm³/mol. The molecule has 3 aliphatic heterocycles. The van der Waals surface area contributed by atoms with E-state index in [0.717, 1.165) is 45.5 Å². The van der Waals surface area contributed by atoms with Gasteiger partial charge >= 0.3 is 5.97 Å². The topological polar surface area (TPSA) is 59.0 Å². The standard InChI is InChI=1S/C13H21NO4/c15-12(16)10-8-14(9-10)11-1-4-18-13(7-11)2-5-17-6-3-13/h10-11H,1-9H2,(H,15,16). The summed E-state index contributed by atoms with van der Waals surface area (Å²) in [6.07, 6.45) is 4.05. The van der Waals surface area contributed by atoms with E-state index in [4.69, 9.17) is 14.6 Å². The number of aliphatic carboxylic acids is 1. The number of carbonyl (C=O) groups is 1. The number of likely N-dealkylation sites (tertiary alicyclic amines) is 1. The normalized spacial score (nSPS) is 33.2. The molecular weight excluding hydrogens is 234 g/mol. The number of carboxylic acid groups (broad SMARTS) is 1. The average molecular weight is 255 g/mol. The van der Waals surface area contributed by atoms with Crippen LogP contribution in [0, 0.1) is 5.92 Å². The van der Waals surface area contributed by atoms with E-state index in [1.807, 2.05) is 0 Å². The molecule has 3 saturated heterocycles. The Balaban J connectivity index is 1.56. The predicted octanol–water partition coefficient (Wildman–Crippen LogP) is 0.731. The molecule has 1 atom stereocenters. The van der Waals surface area contributed by atoms with E-state index < -0.39 is 5.97 Å². The number of carboxylic acids is 1. The van der Waals surface area contributed by atoms with Crippen molar-refractivity contribution >= 4 is 5.97 Å². The minimum absolute atomic E-state index is 0.00940. The van der Waals surface area contributed by atoms with Gasteiger partial charge in [-0.2, -0.15) is 0 Å². The monoisotopic (exact) mass is 255 g/mol. The van der Waals surface area contributed by atoms with Crippen molar-refractivity contribution in [2.75, 3.05) is 32.9 Å². The van der Waals surface area contributed by atoms with E-state index in [1.165, 1.54) is 0 Å². The molecular formula is C13H21NO4. The third-order valence-corrected chi connectivity index (χ3v) is 4.65. The van der Waals surface area contributed by atoms with Crippen molar-refractivity contribution in [1.82, 2.24) is 4.90 Å². The third-order valence-electron chi connectivity index (χ3n) is 4.65. The molecule has 18 heavy (non-hydrogen) atoms. The van der Waals surface area contributed by atoms with Crippen LogP contribution in [0.3, 0.4) is 0 Å². The first kappa shape index (κ1) is 12.4. The summed E-state index contributed by atoms with van der Waals surface area (Å²) < 4.78 is 11.4. The summed E-state index contributed by atoms with van der Waals surface area (Å²) in [5, 5.41) is 8.92. The lowest BCUT2D eigenvalue weighted by Crippen LogP contribution is -2.59. The summed E-state index contributed by atoms with van der Waals surface area (Å²) in [6, 6.07) is 0.507. The van der Waals surface area contributed by atoms with E-state index in [2.05, 4.69) is 4.90 Å². The van der Waals surface area contributed by atoms with Crippen LogP contribution >= 0.6 is 0 Å². The van der Waals surface area contributed by atoms with Crippen LogP contribution in [0.5, 0.6) is 0 Å². The molecule has 0 bridgehead atoms. The fraction of sp³-hybridized carbons (Fsp3) is 0.923.